The van der Waals surface area contributed by atoms with Crippen LogP contribution in [0.5, 0.6) is 0 Å². The molecule has 2 aromatic rings. The highest BCUT2D eigenvalue weighted by atomic mass is 35.5. The summed E-state index contributed by atoms with van der Waals surface area (Å²) in [7, 11) is 0. The SMILES string of the molecule is Clc1ccccc1-c1nccnc1NCC1CC1. The molecular weight excluding hydrogens is 246 g/mol. The van der Waals surface area contributed by atoms with Crippen molar-refractivity contribution in [3.8, 4) is 11.3 Å². The molecule has 0 radical (unpaired) electrons. The predicted octanol–water partition coefficient (Wildman–Crippen LogP) is 3.62. The minimum Gasteiger partial charge on any atom is -0.368 e. The van der Waals surface area contributed by atoms with Crippen LogP contribution in [-0.2, 0) is 0 Å². The fourth-order valence-electron chi connectivity index (χ4n) is 1.88. The highest BCUT2D eigenvalue weighted by molar-refractivity contribution is 6.33. The van der Waals surface area contributed by atoms with E-state index in [1.807, 2.05) is 24.3 Å². The minimum atomic E-state index is 0.701. The first-order chi connectivity index (χ1) is 8.84. The number of benzene rings is 1. The van der Waals surface area contributed by atoms with Gasteiger partial charge in [-0.2, -0.15) is 0 Å². The van der Waals surface area contributed by atoms with Gasteiger partial charge in [0.15, 0.2) is 5.82 Å². The molecule has 0 amide bonds. The van der Waals surface area contributed by atoms with E-state index in [1.54, 1.807) is 12.4 Å². The van der Waals surface area contributed by atoms with E-state index >= 15 is 0 Å². The molecule has 1 aromatic heterocycles. The maximum atomic E-state index is 6.21. The van der Waals surface area contributed by atoms with Gasteiger partial charge in [-0.3, -0.25) is 4.98 Å². The molecular formula is C14H14ClN3. The smallest absolute Gasteiger partial charge is 0.152 e. The first kappa shape index (κ1) is 11.5. The topological polar surface area (TPSA) is 37.8 Å². The van der Waals surface area contributed by atoms with E-state index in [4.69, 9.17) is 11.6 Å². The van der Waals surface area contributed by atoms with Gasteiger partial charge in [0, 0.05) is 24.5 Å². The van der Waals surface area contributed by atoms with Gasteiger partial charge in [0.25, 0.3) is 0 Å². The summed E-state index contributed by atoms with van der Waals surface area (Å²) in [6.45, 7) is 0.968. The molecule has 0 bridgehead atoms. The van der Waals surface area contributed by atoms with Crippen molar-refractivity contribution < 1.29 is 0 Å². The molecule has 4 heteroatoms. The number of nitrogens with one attached hydrogen (secondary N) is 1. The van der Waals surface area contributed by atoms with E-state index in [2.05, 4.69) is 15.3 Å². The van der Waals surface area contributed by atoms with Crippen molar-refractivity contribution in [1.29, 1.82) is 0 Å². The molecule has 0 spiro atoms. The average molecular weight is 260 g/mol. The Morgan fingerprint density at radius 3 is 2.72 bits per heavy atom. The second kappa shape index (κ2) is 4.94. The van der Waals surface area contributed by atoms with Crippen molar-refractivity contribution in [3.63, 3.8) is 0 Å². The largest absolute Gasteiger partial charge is 0.368 e. The van der Waals surface area contributed by atoms with E-state index < -0.39 is 0 Å². The highest BCUT2D eigenvalue weighted by Gasteiger charge is 2.21. The van der Waals surface area contributed by atoms with Crippen LogP contribution in [0.15, 0.2) is 36.7 Å². The van der Waals surface area contributed by atoms with E-state index in [0.29, 0.717) is 5.02 Å². The van der Waals surface area contributed by atoms with Crippen molar-refractivity contribution in [2.75, 3.05) is 11.9 Å². The van der Waals surface area contributed by atoms with Crippen LogP contribution in [-0.4, -0.2) is 16.5 Å². The molecule has 18 heavy (non-hydrogen) atoms. The van der Waals surface area contributed by atoms with Crippen LogP contribution in [0.2, 0.25) is 5.02 Å². The van der Waals surface area contributed by atoms with Gasteiger partial charge < -0.3 is 5.32 Å². The van der Waals surface area contributed by atoms with Crippen molar-refractivity contribution in [2.45, 2.75) is 12.8 Å². The van der Waals surface area contributed by atoms with Crippen molar-refractivity contribution in [3.05, 3.63) is 41.7 Å². The third-order valence-electron chi connectivity index (χ3n) is 3.08. The van der Waals surface area contributed by atoms with E-state index in [1.165, 1.54) is 12.8 Å². The first-order valence-corrected chi connectivity index (χ1v) is 6.52. The fraction of sp³-hybridized carbons (Fsp3) is 0.286. The van der Waals surface area contributed by atoms with Crippen LogP contribution in [0, 0.1) is 5.92 Å². The second-order valence-corrected chi connectivity index (χ2v) is 4.96. The van der Waals surface area contributed by atoms with Gasteiger partial charge in [-0.05, 0) is 24.8 Å². The normalized spacial score (nSPS) is 14.5. The monoisotopic (exact) mass is 259 g/mol. The Hall–Kier alpha value is -1.61. The van der Waals surface area contributed by atoms with Gasteiger partial charge >= 0.3 is 0 Å². The number of rotatable bonds is 4. The van der Waals surface area contributed by atoms with Crippen LogP contribution in [0.1, 0.15) is 12.8 Å². The predicted molar refractivity (Wildman–Crippen MR) is 73.7 cm³/mol. The fourth-order valence-corrected chi connectivity index (χ4v) is 2.11. The van der Waals surface area contributed by atoms with Gasteiger partial charge in [0.2, 0.25) is 0 Å². The molecule has 1 N–H and O–H groups in total. The molecule has 1 fully saturated rings. The minimum absolute atomic E-state index is 0.701. The summed E-state index contributed by atoms with van der Waals surface area (Å²) in [4.78, 5) is 8.76. The van der Waals surface area contributed by atoms with Gasteiger partial charge in [0.05, 0.1) is 5.02 Å². The molecule has 1 aliphatic carbocycles. The Kier molecular flexibility index (Phi) is 3.15. The number of aromatic nitrogens is 2. The summed E-state index contributed by atoms with van der Waals surface area (Å²) < 4.78 is 0. The van der Waals surface area contributed by atoms with Crippen LogP contribution in [0.3, 0.4) is 0 Å². The van der Waals surface area contributed by atoms with Crippen LogP contribution < -0.4 is 5.32 Å². The Bertz CT molecular complexity index is 552. The molecule has 0 unspecified atom stereocenters. The lowest BCUT2D eigenvalue weighted by atomic mass is 10.1. The van der Waals surface area contributed by atoms with E-state index in [-0.39, 0.29) is 0 Å². The molecule has 0 atom stereocenters. The quantitative estimate of drug-likeness (QED) is 0.911. The molecule has 1 aliphatic rings. The molecule has 92 valence electrons. The molecule has 1 aromatic carbocycles. The Morgan fingerprint density at radius 1 is 1.17 bits per heavy atom. The van der Waals surface area contributed by atoms with Crippen molar-refractivity contribution in [1.82, 2.24) is 9.97 Å². The molecule has 1 heterocycles. The first-order valence-electron chi connectivity index (χ1n) is 6.14. The highest BCUT2D eigenvalue weighted by Crippen LogP contribution is 2.32. The summed E-state index contributed by atoms with van der Waals surface area (Å²) in [6.07, 6.45) is 6.03. The summed E-state index contributed by atoms with van der Waals surface area (Å²) >= 11 is 6.21. The van der Waals surface area contributed by atoms with Crippen LogP contribution in [0.25, 0.3) is 11.3 Å². The molecule has 0 saturated heterocycles. The van der Waals surface area contributed by atoms with E-state index in [9.17, 15) is 0 Å². The summed E-state index contributed by atoms with van der Waals surface area (Å²) in [5, 5.41) is 4.07. The molecule has 3 nitrogen and oxygen atoms in total. The zero-order chi connectivity index (χ0) is 12.4. The third-order valence-corrected chi connectivity index (χ3v) is 3.41. The number of anilines is 1. The second-order valence-electron chi connectivity index (χ2n) is 4.56. The summed E-state index contributed by atoms with van der Waals surface area (Å²) in [5.41, 5.74) is 1.74. The molecule has 1 saturated carbocycles. The number of nitrogens with zero attached hydrogens (tertiary/aromatic N) is 2. The van der Waals surface area contributed by atoms with Gasteiger partial charge in [-0.25, -0.2) is 4.98 Å². The lowest BCUT2D eigenvalue weighted by molar-refractivity contribution is 0.881. The Balaban J connectivity index is 1.92. The maximum absolute atomic E-state index is 6.21. The van der Waals surface area contributed by atoms with Crippen molar-refractivity contribution in [2.24, 2.45) is 5.92 Å². The standard InChI is InChI=1S/C14H14ClN3/c15-12-4-2-1-3-11(12)13-14(17-8-7-16-13)18-9-10-5-6-10/h1-4,7-8,10H,5-6,9H2,(H,17,18). The lowest BCUT2D eigenvalue weighted by Crippen LogP contribution is -2.07. The number of hydrogen-bond acceptors (Lipinski definition) is 3. The van der Waals surface area contributed by atoms with Crippen molar-refractivity contribution >= 4 is 17.4 Å². The van der Waals surface area contributed by atoms with Crippen LogP contribution >= 0.6 is 11.6 Å². The van der Waals surface area contributed by atoms with Crippen LogP contribution in [0.4, 0.5) is 5.82 Å². The Morgan fingerprint density at radius 2 is 1.94 bits per heavy atom. The summed E-state index contributed by atoms with van der Waals surface area (Å²) in [6, 6.07) is 7.71. The number of halogens is 1. The average Bonchev–Trinajstić information content (AvgIpc) is 3.22. The number of hydrogen-bond donors (Lipinski definition) is 1. The van der Waals surface area contributed by atoms with Gasteiger partial charge in [-0.1, -0.05) is 29.8 Å². The zero-order valence-corrected chi connectivity index (χ0v) is 10.7. The summed E-state index contributed by atoms with van der Waals surface area (Å²) in [5.74, 6) is 1.61. The maximum Gasteiger partial charge on any atom is 0.152 e. The molecule has 0 aliphatic heterocycles. The van der Waals surface area contributed by atoms with Gasteiger partial charge in [0.1, 0.15) is 5.69 Å². The lowest BCUT2D eigenvalue weighted by Gasteiger charge is -2.10. The zero-order valence-electron chi connectivity index (χ0n) is 9.94. The van der Waals surface area contributed by atoms with E-state index in [0.717, 1.165) is 29.5 Å². The third kappa shape index (κ3) is 2.46. The molecule has 3 rings (SSSR count). The van der Waals surface area contributed by atoms with Gasteiger partial charge in [-0.15, -0.1) is 0 Å². The Labute approximate surface area is 111 Å².